The van der Waals surface area contributed by atoms with E-state index >= 15 is 0 Å². The molecule has 2 aromatic carbocycles. The molecule has 1 aliphatic heterocycles. The van der Waals surface area contributed by atoms with Crippen molar-refractivity contribution in [3.8, 4) is 11.5 Å². The molecule has 1 heterocycles. The second kappa shape index (κ2) is 6.52. The minimum absolute atomic E-state index is 0.0830. The summed E-state index contributed by atoms with van der Waals surface area (Å²) in [6, 6.07) is 10.7. The second-order valence-corrected chi connectivity index (χ2v) is 7.08. The van der Waals surface area contributed by atoms with Crippen LogP contribution < -0.4 is 14.2 Å². The number of nitrogens with one attached hydrogen (secondary N) is 1. The molecule has 3 rings (SSSR count). The van der Waals surface area contributed by atoms with E-state index in [1.165, 1.54) is 31.2 Å². The Morgan fingerprint density at radius 3 is 2.33 bits per heavy atom. The summed E-state index contributed by atoms with van der Waals surface area (Å²) in [6.07, 6.45) is 0.776. The standard InChI is InChI=1S/C17H17NO5S/c1-12(19)13-3-6-15(7-4-13)24(20,21)18-14-5-8-16-17(11-14)23-10-2-9-22-16/h3-8,11,18H,2,9-10H2,1H3. The average molecular weight is 347 g/mol. The van der Waals surface area contributed by atoms with E-state index in [1.54, 1.807) is 18.2 Å². The Morgan fingerprint density at radius 1 is 1.00 bits per heavy atom. The predicted octanol–water partition coefficient (Wildman–Crippen LogP) is 2.85. The summed E-state index contributed by atoms with van der Waals surface area (Å²) in [5, 5.41) is 0. The first kappa shape index (κ1) is 16.3. The lowest BCUT2D eigenvalue weighted by Gasteiger charge is -2.12. The zero-order valence-electron chi connectivity index (χ0n) is 13.1. The Kier molecular flexibility index (Phi) is 4.44. The molecule has 1 aliphatic rings. The summed E-state index contributed by atoms with van der Waals surface area (Å²) < 4.78 is 38.5. The van der Waals surface area contributed by atoms with E-state index in [4.69, 9.17) is 9.47 Å². The van der Waals surface area contributed by atoms with Gasteiger partial charge in [0.15, 0.2) is 17.3 Å². The van der Waals surface area contributed by atoms with Gasteiger partial charge in [0.05, 0.1) is 23.8 Å². The molecule has 0 bridgehead atoms. The number of ether oxygens (including phenoxy) is 2. The zero-order valence-corrected chi connectivity index (χ0v) is 13.9. The first-order chi connectivity index (χ1) is 11.5. The maximum absolute atomic E-state index is 12.5. The molecule has 0 amide bonds. The molecule has 24 heavy (non-hydrogen) atoms. The SMILES string of the molecule is CC(=O)c1ccc(S(=O)(=O)Nc2ccc3c(c2)OCCCO3)cc1. The van der Waals surface area contributed by atoms with Gasteiger partial charge in [-0.15, -0.1) is 0 Å². The molecule has 0 unspecified atom stereocenters. The fraction of sp³-hybridized carbons (Fsp3) is 0.235. The Hall–Kier alpha value is -2.54. The minimum Gasteiger partial charge on any atom is -0.490 e. The molecule has 0 atom stereocenters. The zero-order chi connectivity index (χ0) is 17.2. The quantitative estimate of drug-likeness (QED) is 0.860. The molecule has 1 N–H and O–H groups in total. The van der Waals surface area contributed by atoms with Crippen molar-refractivity contribution < 1.29 is 22.7 Å². The molecule has 0 spiro atoms. The smallest absolute Gasteiger partial charge is 0.261 e. The van der Waals surface area contributed by atoms with Crippen molar-refractivity contribution in [3.05, 3.63) is 48.0 Å². The Labute approximate surface area is 140 Å². The summed E-state index contributed by atoms with van der Waals surface area (Å²) >= 11 is 0. The molecule has 2 aromatic rings. The number of benzene rings is 2. The van der Waals surface area contributed by atoms with Gasteiger partial charge in [0.1, 0.15) is 0 Å². The van der Waals surface area contributed by atoms with E-state index in [1.807, 2.05) is 0 Å². The van der Waals surface area contributed by atoms with Gasteiger partial charge in [0.25, 0.3) is 10.0 Å². The van der Waals surface area contributed by atoms with Gasteiger partial charge >= 0.3 is 0 Å². The van der Waals surface area contributed by atoms with Crippen molar-refractivity contribution in [2.45, 2.75) is 18.2 Å². The van der Waals surface area contributed by atoms with Crippen molar-refractivity contribution in [2.24, 2.45) is 0 Å². The third-order valence-electron chi connectivity index (χ3n) is 3.57. The highest BCUT2D eigenvalue weighted by atomic mass is 32.2. The van der Waals surface area contributed by atoms with Crippen LogP contribution in [0.15, 0.2) is 47.4 Å². The number of hydrogen-bond donors (Lipinski definition) is 1. The van der Waals surface area contributed by atoms with E-state index in [-0.39, 0.29) is 10.7 Å². The molecule has 0 aromatic heterocycles. The summed E-state index contributed by atoms with van der Waals surface area (Å²) in [4.78, 5) is 11.4. The molecule has 0 radical (unpaired) electrons. The number of fused-ring (bicyclic) bond motifs is 1. The Bertz CT molecular complexity index is 859. The van der Waals surface area contributed by atoms with E-state index < -0.39 is 10.0 Å². The fourth-order valence-corrected chi connectivity index (χ4v) is 3.36. The minimum atomic E-state index is -3.75. The normalized spacial score (nSPS) is 13.9. The lowest BCUT2D eigenvalue weighted by atomic mass is 10.2. The first-order valence-electron chi connectivity index (χ1n) is 7.49. The molecule has 6 nitrogen and oxygen atoms in total. The number of hydrogen-bond acceptors (Lipinski definition) is 5. The number of sulfonamides is 1. The van der Waals surface area contributed by atoms with Crippen LogP contribution in [-0.2, 0) is 10.0 Å². The van der Waals surface area contributed by atoms with Gasteiger partial charge in [-0.3, -0.25) is 9.52 Å². The van der Waals surface area contributed by atoms with E-state index in [0.29, 0.717) is 36.0 Å². The van der Waals surface area contributed by atoms with Crippen molar-refractivity contribution in [1.29, 1.82) is 0 Å². The van der Waals surface area contributed by atoms with Crippen molar-refractivity contribution in [2.75, 3.05) is 17.9 Å². The largest absolute Gasteiger partial charge is 0.490 e. The Morgan fingerprint density at radius 2 is 1.67 bits per heavy atom. The van der Waals surface area contributed by atoms with Crippen LogP contribution in [0.4, 0.5) is 5.69 Å². The van der Waals surface area contributed by atoms with Gasteiger partial charge in [-0.05, 0) is 31.2 Å². The lowest BCUT2D eigenvalue weighted by Crippen LogP contribution is -2.13. The van der Waals surface area contributed by atoms with Crippen molar-refractivity contribution >= 4 is 21.5 Å². The van der Waals surface area contributed by atoms with Gasteiger partial charge in [0, 0.05) is 18.1 Å². The third kappa shape index (κ3) is 3.51. The maximum Gasteiger partial charge on any atom is 0.261 e. The Balaban J connectivity index is 1.84. The van der Waals surface area contributed by atoms with Crippen LogP contribution in [-0.4, -0.2) is 27.4 Å². The lowest BCUT2D eigenvalue weighted by molar-refractivity contribution is 0.101. The molecule has 126 valence electrons. The number of carbonyl (C=O) groups excluding carboxylic acids is 1. The number of ketones is 1. The van der Waals surface area contributed by atoms with Gasteiger partial charge in [-0.1, -0.05) is 12.1 Å². The van der Waals surface area contributed by atoms with Gasteiger partial charge in [-0.25, -0.2) is 8.42 Å². The highest BCUT2D eigenvalue weighted by Gasteiger charge is 2.17. The van der Waals surface area contributed by atoms with Crippen molar-refractivity contribution in [1.82, 2.24) is 0 Å². The van der Waals surface area contributed by atoms with Crippen LogP contribution in [0.1, 0.15) is 23.7 Å². The van der Waals surface area contributed by atoms with Crippen LogP contribution in [0.3, 0.4) is 0 Å². The van der Waals surface area contributed by atoms with Gasteiger partial charge in [0.2, 0.25) is 0 Å². The molecular weight excluding hydrogens is 330 g/mol. The van der Waals surface area contributed by atoms with E-state index in [0.717, 1.165) is 6.42 Å². The number of carbonyl (C=O) groups is 1. The van der Waals surface area contributed by atoms with E-state index in [9.17, 15) is 13.2 Å². The van der Waals surface area contributed by atoms with Crippen molar-refractivity contribution in [3.63, 3.8) is 0 Å². The maximum atomic E-state index is 12.5. The summed E-state index contributed by atoms with van der Waals surface area (Å²) in [6.45, 7) is 2.52. The predicted molar refractivity (Wildman–Crippen MR) is 89.3 cm³/mol. The summed E-state index contributed by atoms with van der Waals surface area (Å²) in [7, 11) is -3.75. The summed E-state index contributed by atoms with van der Waals surface area (Å²) in [5.74, 6) is 0.996. The molecule has 7 heteroatoms. The second-order valence-electron chi connectivity index (χ2n) is 5.40. The van der Waals surface area contributed by atoms with Crippen LogP contribution in [0.5, 0.6) is 11.5 Å². The van der Waals surface area contributed by atoms with Crippen LogP contribution in [0.25, 0.3) is 0 Å². The van der Waals surface area contributed by atoms with Crippen LogP contribution in [0.2, 0.25) is 0 Å². The molecule has 0 saturated heterocycles. The highest BCUT2D eigenvalue weighted by Crippen LogP contribution is 2.33. The van der Waals surface area contributed by atoms with Gasteiger partial charge in [-0.2, -0.15) is 0 Å². The van der Waals surface area contributed by atoms with Gasteiger partial charge < -0.3 is 9.47 Å². The molecule has 0 fully saturated rings. The van der Waals surface area contributed by atoms with E-state index in [2.05, 4.69) is 4.72 Å². The average Bonchev–Trinajstić information content (AvgIpc) is 2.79. The van der Waals surface area contributed by atoms with Crippen LogP contribution >= 0.6 is 0 Å². The number of anilines is 1. The number of rotatable bonds is 4. The molecule has 0 aliphatic carbocycles. The topological polar surface area (TPSA) is 81.7 Å². The summed E-state index contributed by atoms with van der Waals surface area (Å²) in [5.41, 5.74) is 0.847. The first-order valence-corrected chi connectivity index (χ1v) is 8.97. The highest BCUT2D eigenvalue weighted by molar-refractivity contribution is 7.92. The number of Topliss-reactive ketones (excluding diaryl/α,β-unsaturated/α-hetero) is 1. The fourth-order valence-electron chi connectivity index (χ4n) is 2.31. The molecule has 0 saturated carbocycles. The monoisotopic (exact) mass is 347 g/mol. The van der Waals surface area contributed by atoms with Crippen LogP contribution in [0, 0.1) is 0 Å². The molecular formula is C17H17NO5S. The third-order valence-corrected chi connectivity index (χ3v) is 4.97.